The van der Waals surface area contributed by atoms with Gasteiger partial charge in [-0.1, -0.05) is 29.5 Å². The van der Waals surface area contributed by atoms with E-state index in [1.165, 1.54) is 48.7 Å². The maximum atomic E-state index is 13.6. The fourth-order valence-electron chi connectivity index (χ4n) is 2.73. The van der Waals surface area contributed by atoms with Crippen LogP contribution in [-0.2, 0) is 4.79 Å². The van der Waals surface area contributed by atoms with E-state index in [1.807, 2.05) is 6.07 Å². The maximum absolute atomic E-state index is 13.6. The summed E-state index contributed by atoms with van der Waals surface area (Å²) in [6.07, 6.45) is 1.39. The first-order valence-electron chi connectivity index (χ1n) is 9.35. The Morgan fingerprint density at radius 1 is 1.16 bits per heavy atom. The zero-order valence-electron chi connectivity index (χ0n) is 16.4. The number of hydrogen-bond acceptors (Lipinski definition) is 7. The first kappa shape index (κ1) is 21.1. The van der Waals surface area contributed by atoms with Crippen LogP contribution < -0.4 is 9.75 Å². The zero-order chi connectivity index (χ0) is 22.5. The minimum absolute atomic E-state index is 0.0560. The molecule has 0 saturated carbocycles. The number of ether oxygens (including phenoxy) is 1. The van der Waals surface area contributed by atoms with Gasteiger partial charge in [-0.2, -0.15) is 10.1 Å². The Kier molecular flexibility index (Phi) is 6.13. The smallest absolute Gasteiger partial charge is 0.287 e. The molecule has 8 nitrogen and oxygen atoms in total. The van der Waals surface area contributed by atoms with Crippen LogP contribution in [0.1, 0.15) is 5.56 Å². The van der Waals surface area contributed by atoms with Crippen LogP contribution in [0.5, 0.6) is 5.75 Å². The molecular formula is C22H15FN4O4S. The lowest BCUT2D eigenvalue weighted by Gasteiger charge is -2.14. The fourth-order valence-corrected chi connectivity index (χ4v) is 3.69. The standard InChI is InChI=1S/C22H15FN4O4S/c23-16-8-11-19-20(12-16)32-22(25-19)26(21(28)14-31-18-4-2-1-3-5-18)24-13-15-6-9-17(10-7-15)27(29)30/h1-13H,14H2/b24-13+. The molecule has 3 aromatic carbocycles. The molecule has 0 unspecified atom stereocenters. The van der Waals surface area contributed by atoms with Gasteiger partial charge in [-0.15, -0.1) is 0 Å². The number of nitrogens with zero attached hydrogens (tertiary/aromatic N) is 4. The van der Waals surface area contributed by atoms with Crippen LogP contribution in [0.15, 0.2) is 77.9 Å². The third-order valence-corrected chi connectivity index (χ3v) is 5.28. The van der Waals surface area contributed by atoms with Gasteiger partial charge < -0.3 is 4.74 Å². The Morgan fingerprint density at radius 2 is 1.91 bits per heavy atom. The number of non-ortho nitro benzene ring substituents is 1. The van der Waals surface area contributed by atoms with E-state index in [4.69, 9.17) is 4.74 Å². The number of fused-ring (bicyclic) bond motifs is 1. The molecule has 0 N–H and O–H groups in total. The number of nitro benzene ring substituents is 1. The molecule has 0 aliphatic heterocycles. The SMILES string of the molecule is O=C(COc1ccccc1)N(/N=C/c1ccc([N+](=O)[O-])cc1)c1nc2ccc(F)cc2s1. The minimum atomic E-state index is -0.502. The molecule has 1 heterocycles. The number of carbonyl (C=O) groups is 1. The number of thiazole rings is 1. The molecule has 1 aromatic heterocycles. The number of para-hydroxylation sites is 1. The summed E-state index contributed by atoms with van der Waals surface area (Å²) < 4.78 is 19.7. The topological polar surface area (TPSA) is 97.9 Å². The predicted octanol–water partition coefficient (Wildman–Crippen LogP) is 4.79. The van der Waals surface area contributed by atoms with E-state index in [9.17, 15) is 19.3 Å². The molecule has 0 fully saturated rings. The lowest BCUT2D eigenvalue weighted by Crippen LogP contribution is -2.30. The number of halogens is 1. The van der Waals surface area contributed by atoms with Crippen molar-refractivity contribution >= 4 is 44.5 Å². The van der Waals surface area contributed by atoms with Crippen LogP contribution >= 0.6 is 11.3 Å². The third kappa shape index (κ3) is 4.93. The Morgan fingerprint density at radius 3 is 2.62 bits per heavy atom. The summed E-state index contributed by atoms with van der Waals surface area (Å²) in [6.45, 7) is -0.300. The summed E-state index contributed by atoms with van der Waals surface area (Å²) >= 11 is 1.11. The van der Waals surface area contributed by atoms with Gasteiger partial charge >= 0.3 is 0 Å². The monoisotopic (exact) mass is 450 g/mol. The van der Waals surface area contributed by atoms with Gasteiger partial charge in [-0.05, 0) is 48.0 Å². The van der Waals surface area contributed by atoms with E-state index >= 15 is 0 Å². The number of benzene rings is 3. The van der Waals surface area contributed by atoms with Gasteiger partial charge in [-0.3, -0.25) is 14.9 Å². The van der Waals surface area contributed by atoms with Gasteiger partial charge in [0.2, 0.25) is 5.13 Å². The van der Waals surface area contributed by atoms with Gasteiger partial charge in [0.15, 0.2) is 6.61 Å². The van der Waals surface area contributed by atoms with E-state index in [-0.39, 0.29) is 17.4 Å². The first-order chi connectivity index (χ1) is 15.5. The number of hydrazone groups is 1. The molecule has 32 heavy (non-hydrogen) atoms. The number of aromatic nitrogens is 1. The fraction of sp³-hybridized carbons (Fsp3) is 0.0455. The van der Waals surface area contributed by atoms with Crippen molar-refractivity contribution in [1.82, 2.24) is 4.98 Å². The number of amides is 1. The Hall–Kier alpha value is -4.18. The predicted molar refractivity (Wildman–Crippen MR) is 120 cm³/mol. The highest BCUT2D eigenvalue weighted by Gasteiger charge is 2.20. The average molecular weight is 450 g/mol. The van der Waals surface area contributed by atoms with Crippen molar-refractivity contribution in [2.24, 2.45) is 5.10 Å². The Balaban J connectivity index is 1.61. The third-order valence-electron chi connectivity index (χ3n) is 4.29. The highest BCUT2D eigenvalue weighted by Crippen LogP contribution is 2.30. The highest BCUT2D eigenvalue weighted by molar-refractivity contribution is 7.22. The lowest BCUT2D eigenvalue weighted by molar-refractivity contribution is -0.384. The first-order valence-corrected chi connectivity index (χ1v) is 10.2. The van der Waals surface area contributed by atoms with Crippen molar-refractivity contribution in [3.05, 3.63) is 94.3 Å². The second kappa shape index (κ2) is 9.31. The molecule has 0 saturated heterocycles. The molecule has 0 spiro atoms. The number of carbonyl (C=O) groups excluding carboxylic acids is 1. The molecule has 1 amide bonds. The number of anilines is 1. The van der Waals surface area contributed by atoms with Crippen LogP contribution in [0.25, 0.3) is 10.2 Å². The van der Waals surface area contributed by atoms with Crippen molar-refractivity contribution in [3.63, 3.8) is 0 Å². The molecule has 4 aromatic rings. The van der Waals surface area contributed by atoms with Crippen LogP contribution in [0.3, 0.4) is 0 Å². The molecule has 0 bridgehead atoms. The summed E-state index contributed by atoms with van der Waals surface area (Å²) in [4.78, 5) is 27.6. The van der Waals surface area contributed by atoms with Crippen LogP contribution in [-0.4, -0.2) is 28.6 Å². The van der Waals surface area contributed by atoms with Crippen molar-refractivity contribution in [1.29, 1.82) is 0 Å². The normalized spacial score (nSPS) is 11.0. The molecule has 0 radical (unpaired) electrons. The van der Waals surface area contributed by atoms with E-state index in [2.05, 4.69) is 10.1 Å². The molecule has 0 aliphatic carbocycles. The number of rotatable bonds is 7. The highest BCUT2D eigenvalue weighted by atomic mass is 32.1. The molecule has 160 valence electrons. The number of nitro groups is 1. The summed E-state index contributed by atoms with van der Waals surface area (Å²) in [7, 11) is 0. The molecule has 10 heteroatoms. The van der Waals surface area contributed by atoms with Crippen LogP contribution in [0.2, 0.25) is 0 Å². The average Bonchev–Trinajstić information content (AvgIpc) is 3.21. The van der Waals surface area contributed by atoms with Crippen molar-refractivity contribution in [2.75, 3.05) is 11.6 Å². The van der Waals surface area contributed by atoms with Crippen molar-refractivity contribution in [3.8, 4) is 5.75 Å². The van der Waals surface area contributed by atoms with Crippen molar-refractivity contribution in [2.45, 2.75) is 0 Å². The second-order valence-electron chi connectivity index (χ2n) is 6.51. The van der Waals surface area contributed by atoms with Gasteiger partial charge in [0.05, 0.1) is 21.4 Å². The van der Waals surface area contributed by atoms with Gasteiger partial charge in [0.1, 0.15) is 11.6 Å². The van der Waals surface area contributed by atoms with Gasteiger partial charge in [0.25, 0.3) is 11.6 Å². The lowest BCUT2D eigenvalue weighted by atomic mass is 10.2. The van der Waals surface area contributed by atoms with E-state index in [0.29, 0.717) is 21.5 Å². The summed E-state index contributed by atoms with van der Waals surface area (Å²) in [5.74, 6) is -0.384. The summed E-state index contributed by atoms with van der Waals surface area (Å²) in [6, 6.07) is 18.7. The second-order valence-corrected chi connectivity index (χ2v) is 7.52. The van der Waals surface area contributed by atoms with Crippen LogP contribution in [0, 0.1) is 15.9 Å². The quantitative estimate of drug-likeness (QED) is 0.229. The van der Waals surface area contributed by atoms with E-state index < -0.39 is 16.6 Å². The van der Waals surface area contributed by atoms with Crippen molar-refractivity contribution < 1.29 is 18.8 Å². The minimum Gasteiger partial charge on any atom is -0.484 e. The zero-order valence-corrected chi connectivity index (χ0v) is 17.2. The van der Waals surface area contributed by atoms with Gasteiger partial charge in [0, 0.05) is 12.1 Å². The van der Waals surface area contributed by atoms with Gasteiger partial charge in [-0.25, -0.2) is 9.37 Å². The number of hydrogen-bond donors (Lipinski definition) is 0. The van der Waals surface area contributed by atoms with E-state index in [1.54, 1.807) is 24.3 Å². The van der Waals surface area contributed by atoms with Crippen LogP contribution in [0.4, 0.5) is 15.2 Å². The Labute approximate surface area is 185 Å². The summed E-state index contributed by atoms with van der Waals surface area (Å²) in [5.41, 5.74) is 1.02. The molecular weight excluding hydrogens is 435 g/mol. The Bertz CT molecular complexity index is 1290. The summed E-state index contributed by atoms with van der Waals surface area (Å²) in [5, 5.41) is 16.4. The molecule has 0 atom stereocenters. The molecule has 4 rings (SSSR count). The largest absolute Gasteiger partial charge is 0.484 e. The van der Waals surface area contributed by atoms with E-state index in [0.717, 1.165) is 16.3 Å². The maximum Gasteiger partial charge on any atom is 0.287 e. The molecule has 0 aliphatic rings.